The van der Waals surface area contributed by atoms with Crippen molar-refractivity contribution in [3.05, 3.63) is 30.9 Å². The highest BCUT2D eigenvalue weighted by Gasteiger charge is 2.36. The largest absolute Gasteiger partial charge is 0.465 e. The van der Waals surface area contributed by atoms with Gasteiger partial charge in [-0.15, -0.1) is 0 Å². The molecule has 0 amide bonds. The number of hydrogen-bond donors (Lipinski definition) is 1. The van der Waals surface area contributed by atoms with E-state index in [1.54, 1.807) is 25.5 Å². The maximum Gasteiger partial charge on any atom is 0.327 e. The van der Waals surface area contributed by atoms with Gasteiger partial charge in [-0.25, -0.2) is 13.8 Å². The van der Waals surface area contributed by atoms with Crippen LogP contribution in [0.2, 0.25) is 0 Å². The molecule has 160 valence electrons. The van der Waals surface area contributed by atoms with E-state index in [0.717, 1.165) is 11.8 Å². The summed E-state index contributed by atoms with van der Waals surface area (Å²) in [6.45, 7) is 2.59. The van der Waals surface area contributed by atoms with Gasteiger partial charge in [0.05, 0.1) is 18.5 Å². The van der Waals surface area contributed by atoms with Crippen LogP contribution in [0.5, 0.6) is 0 Å². The minimum atomic E-state index is -2.57. The summed E-state index contributed by atoms with van der Waals surface area (Å²) in [6.07, 6.45) is 8.04. The van der Waals surface area contributed by atoms with E-state index in [2.05, 4.69) is 20.4 Å². The Morgan fingerprint density at radius 3 is 3.07 bits per heavy atom. The molecule has 0 spiro atoms. The number of nitrogens with one attached hydrogen (secondary N) is 1. The number of hydrogen-bond acceptors (Lipinski definition) is 6. The summed E-state index contributed by atoms with van der Waals surface area (Å²) in [5, 5.41) is 8.03. The van der Waals surface area contributed by atoms with Gasteiger partial charge in [0.1, 0.15) is 12.2 Å². The third kappa shape index (κ3) is 4.74. The number of anilines is 2. The van der Waals surface area contributed by atoms with Gasteiger partial charge >= 0.3 is 5.97 Å². The Hall–Kier alpha value is -3.04. The summed E-state index contributed by atoms with van der Waals surface area (Å²) in [5.74, 6) is -2.64. The van der Waals surface area contributed by atoms with Gasteiger partial charge in [-0.2, -0.15) is 10.1 Å². The van der Waals surface area contributed by atoms with Gasteiger partial charge in [-0.3, -0.25) is 9.48 Å². The molecule has 1 N–H and O–H groups in total. The highest BCUT2D eigenvalue weighted by Crippen LogP contribution is 2.37. The first-order valence-electron chi connectivity index (χ1n) is 10.1. The number of rotatable bonds is 7. The predicted molar refractivity (Wildman–Crippen MR) is 107 cm³/mol. The monoisotopic (exact) mass is 418 g/mol. The lowest BCUT2D eigenvalue weighted by Crippen LogP contribution is -2.28. The number of carbonyl (C=O) groups excluding carboxylic acids is 1. The summed E-state index contributed by atoms with van der Waals surface area (Å²) in [5.41, 5.74) is 1.32. The van der Waals surface area contributed by atoms with Crippen molar-refractivity contribution in [2.24, 2.45) is 5.92 Å². The molecule has 1 aliphatic rings. The van der Waals surface area contributed by atoms with Crippen molar-refractivity contribution < 1.29 is 18.3 Å². The van der Waals surface area contributed by atoms with Crippen LogP contribution in [0.4, 0.5) is 20.4 Å². The van der Waals surface area contributed by atoms with Gasteiger partial charge < -0.3 is 14.6 Å². The lowest BCUT2D eigenvalue weighted by molar-refractivity contribution is -0.144. The van der Waals surface area contributed by atoms with Crippen LogP contribution in [0.15, 0.2) is 30.9 Å². The first-order valence-corrected chi connectivity index (χ1v) is 10.1. The van der Waals surface area contributed by atoms with E-state index >= 15 is 0 Å². The van der Waals surface area contributed by atoms with Gasteiger partial charge in [0.2, 0.25) is 11.9 Å². The van der Waals surface area contributed by atoms with Gasteiger partial charge in [0.15, 0.2) is 0 Å². The molecule has 8 nitrogen and oxygen atoms in total. The Morgan fingerprint density at radius 1 is 1.40 bits per heavy atom. The average Bonchev–Trinajstić information content (AvgIpc) is 3.28. The van der Waals surface area contributed by atoms with Gasteiger partial charge in [-0.1, -0.05) is 0 Å². The molecular formula is C20H24F2N6O2. The van der Waals surface area contributed by atoms with Crippen LogP contribution in [0.1, 0.15) is 32.6 Å². The fourth-order valence-electron chi connectivity index (χ4n) is 3.87. The van der Waals surface area contributed by atoms with E-state index < -0.39 is 5.92 Å². The number of ether oxygens (including phenoxy) is 1. The molecule has 0 aliphatic heterocycles. The molecule has 1 aliphatic carbocycles. The Bertz CT molecular complexity index is 1030. The topological polar surface area (TPSA) is 86.9 Å². The molecule has 1 atom stereocenters. The Kier molecular flexibility index (Phi) is 5.65. The molecule has 3 aromatic heterocycles. The lowest BCUT2D eigenvalue weighted by Gasteiger charge is -2.29. The van der Waals surface area contributed by atoms with E-state index in [9.17, 15) is 13.6 Å². The van der Waals surface area contributed by atoms with Crippen molar-refractivity contribution in [1.29, 1.82) is 0 Å². The molecule has 0 saturated heterocycles. The highest BCUT2D eigenvalue weighted by molar-refractivity contribution is 5.76. The minimum Gasteiger partial charge on any atom is -0.465 e. The summed E-state index contributed by atoms with van der Waals surface area (Å²) < 4.78 is 35.8. The van der Waals surface area contributed by atoms with Crippen LogP contribution in [0.3, 0.4) is 0 Å². The highest BCUT2D eigenvalue weighted by atomic mass is 19.3. The fraction of sp³-hybridized carbons (Fsp3) is 0.500. The van der Waals surface area contributed by atoms with Crippen molar-refractivity contribution >= 4 is 28.6 Å². The van der Waals surface area contributed by atoms with Crippen molar-refractivity contribution in [2.45, 2.75) is 51.6 Å². The number of nitrogens with zero attached hydrogens (tertiary/aromatic N) is 5. The van der Waals surface area contributed by atoms with Crippen molar-refractivity contribution in [2.75, 3.05) is 11.9 Å². The van der Waals surface area contributed by atoms with E-state index in [4.69, 9.17) is 4.74 Å². The first kappa shape index (κ1) is 20.2. The number of alkyl halides is 2. The Balaban J connectivity index is 1.46. The molecule has 10 heteroatoms. The molecule has 0 radical (unpaired) electrons. The second kappa shape index (κ2) is 8.37. The molecule has 3 aromatic rings. The molecule has 0 bridgehead atoms. The average molecular weight is 418 g/mol. The van der Waals surface area contributed by atoms with E-state index in [-0.39, 0.29) is 31.3 Å². The zero-order valence-electron chi connectivity index (χ0n) is 16.7. The van der Waals surface area contributed by atoms with Crippen LogP contribution in [-0.4, -0.2) is 42.8 Å². The van der Waals surface area contributed by atoms with Crippen LogP contribution in [0, 0.1) is 5.92 Å². The predicted octanol–water partition coefficient (Wildman–Crippen LogP) is 3.76. The van der Waals surface area contributed by atoms with Crippen molar-refractivity contribution in [3.63, 3.8) is 0 Å². The minimum absolute atomic E-state index is 0.0178. The molecule has 30 heavy (non-hydrogen) atoms. The molecule has 3 heterocycles. The summed E-state index contributed by atoms with van der Waals surface area (Å²) in [7, 11) is 0. The zero-order valence-corrected chi connectivity index (χ0v) is 16.7. The quantitative estimate of drug-likeness (QED) is 0.588. The van der Waals surface area contributed by atoms with E-state index in [1.165, 1.54) is 4.68 Å². The summed E-state index contributed by atoms with van der Waals surface area (Å²) >= 11 is 0. The Morgan fingerprint density at radius 2 is 2.27 bits per heavy atom. The fourth-order valence-corrected chi connectivity index (χ4v) is 3.87. The molecule has 1 fully saturated rings. The standard InChI is InChI=1S/C20H24F2N6O2/c1-2-30-17(29)13-28-12-16(10-24-28)25-19-23-9-15-5-7-27(18(15)26-19)11-14-4-3-6-20(21,22)8-14/h5,7,9-10,12,14H,2-4,6,8,11,13H2,1H3,(H,23,25,26). The number of esters is 1. The number of halogens is 2. The summed E-state index contributed by atoms with van der Waals surface area (Å²) in [6, 6.07) is 1.89. The van der Waals surface area contributed by atoms with Crippen LogP contribution in [0.25, 0.3) is 11.0 Å². The maximum atomic E-state index is 13.7. The molecule has 0 aromatic carbocycles. The second-order valence-electron chi connectivity index (χ2n) is 7.62. The van der Waals surface area contributed by atoms with Crippen LogP contribution >= 0.6 is 0 Å². The molecule has 4 rings (SSSR count). The normalized spacial score (nSPS) is 18.4. The Labute approximate surface area is 172 Å². The van der Waals surface area contributed by atoms with Crippen LogP contribution in [-0.2, 0) is 22.6 Å². The number of carbonyl (C=O) groups is 1. The summed E-state index contributed by atoms with van der Waals surface area (Å²) in [4.78, 5) is 20.4. The van der Waals surface area contributed by atoms with Crippen molar-refractivity contribution in [3.8, 4) is 0 Å². The van der Waals surface area contributed by atoms with Gasteiger partial charge in [0, 0.05) is 43.4 Å². The molecule has 1 saturated carbocycles. The first-order chi connectivity index (χ1) is 14.4. The lowest BCUT2D eigenvalue weighted by atomic mass is 9.86. The second-order valence-corrected chi connectivity index (χ2v) is 7.62. The smallest absolute Gasteiger partial charge is 0.327 e. The van der Waals surface area contributed by atoms with Gasteiger partial charge in [-0.05, 0) is 31.7 Å². The number of fused-ring (bicyclic) bond motifs is 1. The van der Waals surface area contributed by atoms with Gasteiger partial charge in [0.25, 0.3) is 0 Å². The third-order valence-corrected chi connectivity index (χ3v) is 5.18. The van der Waals surface area contributed by atoms with E-state index in [0.29, 0.717) is 36.9 Å². The third-order valence-electron chi connectivity index (χ3n) is 5.18. The molecule has 1 unspecified atom stereocenters. The SMILES string of the molecule is CCOC(=O)Cn1cc(Nc2ncc3ccn(CC4CCCC(F)(F)C4)c3n2)cn1. The number of aromatic nitrogens is 5. The van der Waals surface area contributed by atoms with Crippen LogP contribution < -0.4 is 5.32 Å². The zero-order chi connectivity index (χ0) is 21.1. The molecular weight excluding hydrogens is 394 g/mol. The maximum absolute atomic E-state index is 13.7. The van der Waals surface area contributed by atoms with Crippen molar-refractivity contribution in [1.82, 2.24) is 24.3 Å². The van der Waals surface area contributed by atoms with E-state index in [1.807, 2.05) is 16.8 Å².